The van der Waals surface area contributed by atoms with E-state index in [1.54, 1.807) is 36.4 Å². The van der Waals surface area contributed by atoms with Crippen molar-refractivity contribution in [1.82, 2.24) is 14.8 Å². The number of nitrogens with one attached hydrogen (secondary N) is 3. The van der Waals surface area contributed by atoms with E-state index < -0.39 is 49.9 Å². The summed E-state index contributed by atoms with van der Waals surface area (Å²) in [6.45, 7) is 0.472. The average Bonchev–Trinajstić information content (AvgIpc) is 3.31. The van der Waals surface area contributed by atoms with Gasteiger partial charge in [0.25, 0.3) is 0 Å². The van der Waals surface area contributed by atoms with Gasteiger partial charge in [-0.1, -0.05) is 48.0 Å². The number of sulfonamides is 1. The first-order valence-corrected chi connectivity index (χ1v) is 18.0. The summed E-state index contributed by atoms with van der Waals surface area (Å²) in [6, 6.07) is 15.5. The number of benzene rings is 3. The maximum atomic E-state index is 13.3. The van der Waals surface area contributed by atoms with Crippen molar-refractivity contribution in [3.8, 4) is 11.5 Å². The molecule has 0 bridgehead atoms. The van der Waals surface area contributed by atoms with E-state index in [1.807, 2.05) is 0 Å². The number of hydrogen-bond donors (Lipinski definition) is 6. The number of phenolic OH excluding ortho intramolecular Hbond substituents is 1. The Morgan fingerprint density at radius 3 is 2.47 bits per heavy atom. The van der Waals surface area contributed by atoms with Gasteiger partial charge in [0.05, 0.1) is 25.0 Å². The molecule has 1 aliphatic heterocycles. The van der Waals surface area contributed by atoms with Crippen LogP contribution in [0.4, 0.5) is 0 Å². The third-order valence-electron chi connectivity index (χ3n) is 7.32. The standard InChI is InChI=1S/C31H36ClN3O10S2/c1-44-31(39)29-25(36)11-8-12-26(29)45-16-7-3-6-15-33-30(38)24(34-46(40,41)21-9-4-2-5-10-21)18-20-13-14-22(23(32)17-20)27-19-28(37)35-47(27,42)43/h2,4-5,8-14,17,24,27,34,36,42-43H,3,6-7,15-16,18-19H2,1H3,(H,33,38)(H,35,37)/t24-,27?/m0/s1. The first kappa shape index (κ1) is 36.0. The summed E-state index contributed by atoms with van der Waals surface area (Å²) in [7, 11) is -6.31. The van der Waals surface area contributed by atoms with E-state index in [4.69, 9.17) is 21.1 Å². The van der Waals surface area contributed by atoms with Crippen LogP contribution in [0.2, 0.25) is 5.02 Å². The number of rotatable bonds is 15. The molecule has 1 saturated heterocycles. The van der Waals surface area contributed by atoms with Crippen LogP contribution in [0.25, 0.3) is 0 Å². The minimum absolute atomic E-state index is 0.0168. The van der Waals surface area contributed by atoms with Gasteiger partial charge in [-0.05, 0) is 67.1 Å². The lowest BCUT2D eigenvalue weighted by molar-refractivity contribution is -0.122. The third kappa shape index (κ3) is 9.37. The van der Waals surface area contributed by atoms with E-state index in [-0.39, 0.29) is 53.0 Å². The van der Waals surface area contributed by atoms with Crippen molar-refractivity contribution in [2.75, 3.05) is 20.3 Å². The maximum Gasteiger partial charge on any atom is 0.345 e. The molecule has 1 unspecified atom stereocenters. The molecule has 6 N–H and O–H groups in total. The summed E-state index contributed by atoms with van der Waals surface area (Å²) < 4.78 is 61.8. The Hall–Kier alpha value is -3.86. The van der Waals surface area contributed by atoms with Gasteiger partial charge in [0, 0.05) is 11.6 Å². The summed E-state index contributed by atoms with van der Waals surface area (Å²) in [5, 5.41) is 12.0. The van der Waals surface area contributed by atoms with Gasteiger partial charge >= 0.3 is 5.97 Å². The van der Waals surface area contributed by atoms with Crippen molar-refractivity contribution >= 4 is 50.2 Å². The van der Waals surface area contributed by atoms with Gasteiger partial charge < -0.3 is 19.9 Å². The van der Waals surface area contributed by atoms with Gasteiger partial charge in [-0.15, -0.1) is 10.8 Å². The first-order chi connectivity index (χ1) is 22.3. The Bertz CT molecular complexity index is 1710. The van der Waals surface area contributed by atoms with Crippen molar-refractivity contribution in [3.05, 3.63) is 88.4 Å². The molecule has 0 spiro atoms. The zero-order valence-corrected chi connectivity index (χ0v) is 27.7. The van der Waals surface area contributed by atoms with Crippen LogP contribution < -0.4 is 19.5 Å². The molecule has 0 aromatic heterocycles. The number of esters is 1. The summed E-state index contributed by atoms with van der Waals surface area (Å²) >= 11 is 6.47. The molecule has 1 aliphatic rings. The molecule has 3 aromatic carbocycles. The fourth-order valence-corrected chi connectivity index (χ4v) is 8.08. The van der Waals surface area contributed by atoms with Crippen molar-refractivity contribution < 1.29 is 46.5 Å². The zero-order chi connectivity index (χ0) is 34.2. The number of amides is 2. The van der Waals surface area contributed by atoms with Gasteiger partial charge in [0.15, 0.2) is 0 Å². The van der Waals surface area contributed by atoms with Gasteiger partial charge in [0.2, 0.25) is 21.8 Å². The monoisotopic (exact) mass is 709 g/mol. The van der Waals surface area contributed by atoms with Crippen LogP contribution in [0.5, 0.6) is 11.5 Å². The number of aromatic hydroxyl groups is 1. The molecule has 1 heterocycles. The number of ether oxygens (including phenoxy) is 2. The lowest BCUT2D eigenvalue weighted by atomic mass is 10.0. The minimum Gasteiger partial charge on any atom is -0.507 e. The van der Waals surface area contributed by atoms with Crippen molar-refractivity contribution in [3.63, 3.8) is 0 Å². The van der Waals surface area contributed by atoms with Gasteiger partial charge in [-0.25, -0.2) is 13.2 Å². The molecule has 0 radical (unpaired) electrons. The quantitative estimate of drug-likeness (QED) is 0.0976. The van der Waals surface area contributed by atoms with Gasteiger partial charge in [0.1, 0.15) is 28.4 Å². The molecule has 2 atom stereocenters. The summed E-state index contributed by atoms with van der Waals surface area (Å²) in [5.74, 6) is -1.87. The number of unbranched alkanes of at least 4 members (excludes halogenated alkanes) is 2. The predicted octanol–water partition coefficient (Wildman–Crippen LogP) is 4.31. The highest BCUT2D eigenvalue weighted by molar-refractivity contribution is 8.23. The molecular weight excluding hydrogens is 674 g/mol. The molecule has 3 aromatic rings. The highest BCUT2D eigenvalue weighted by Crippen LogP contribution is 2.57. The molecule has 13 nitrogen and oxygen atoms in total. The second-order valence-corrected chi connectivity index (χ2v) is 14.8. The minimum atomic E-state index is -4.08. The Balaban J connectivity index is 1.37. The van der Waals surface area contributed by atoms with Crippen molar-refractivity contribution in [1.29, 1.82) is 0 Å². The lowest BCUT2D eigenvalue weighted by Gasteiger charge is -2.33. The number of hydrogen-bond acceptors (Lipinski definition) is 10. The molecule has 16 heteroatoms. The van der Waals surface area contributed by atoms with E-state index in [9.17, 15) is 37.0 Å². The van der Waals surface area contributed by atoms with E-state index >= 15 is 0 Å². The van der Waals surface area contributed by atoms with E-state index in [2.05, 4.69) is 14.8 Å². The Labute approximate surface area is 279 Å². The number of halogens is 1. The van der Waals surface area contributed by atoms with E-state index in [0.29, 0.717) is 30.4 Å². The molecular formula is C31H36ClN3O10S2. The Kier molecular flexibility index (Phi) is 12.1. The molecule has 0 saturated carbocycles. The summed E-state index contributed by atoms with van der Waals surface area (Å²) in [4.78, 5) is 37.0. The first-order valence-electron chi connectivity index (χ1n) is 14.6. The molecule has 4 rings (SSSR count). The molecule has 2 amide bonds. The molecule has 1 fully saturated rings. The third-order valence-corrected chi connectivity index (χ3v) is 10.9. The highest BCUT2D eigenvalue weighted by atomic mass is 35.5. The predicted molar refractivity (Wildman–Crippen MR) is 176 cm³/mol. The summed E-state index contributed by atoms with van der Waals surface area (Å²) in [5.41, 5.74) is 0.775. The zero-order valence-electron chi connectivity index (χ0n) is 25.3. The molecule has 47 heavy (non-hydrogen) atoms. The molecule has 0 aliphatic carbocycles. The number of phenols is 1. The van der Waals surface area contributed by atoms with Crippen LogP contribution >= 0.6 is 22.4 Å². The van der Waals surface area contributed by atoms with E-state index in [1.165, 1.54) is 37.4 Å². The molecule has 254 valence electrons. The van der Waals surface area contributed by atoms with Crippen LogP contribution in [0.1, 0.15) is 52.4 Å². The van der Waals surface area contributed by atoms with Crippen LogP contribution in [0, 0.1) is 0 Å². The largest absolute Gasteiger partial charge is 0.507 e. The fraction of sp³-hybridized carbons (Fsp3) is 0.323. The van der Waals surface area contributed by atoms with E-state index in [0.717, 1.165) is 0 Å². The average molecular weight is 710 g/mol. The lowest BCUT2D eigenvalue weighted by Crippen LogP contribution is -2.48. The maximum absolute atomic E-state index is 13.3. The van der Waals surface area contributed by atoms with Gasteiger partial charge in [-0.2, -0.15) is 4.72 Å². The van der Waals surface area contributed by atoms with Crippen molar-refractivity contribution in [2.45, 2.75) is 48.3 Å². The van der Waals surface area contributed by atoms with Crippen LogP contribution in [-0.2, 0) is 30.8 Å². The summed E-state index contributed by atoms with van der Waals surface area (Å²) in [6.07, 6.45) is 1.50. The Morgan fingerprint density at radius 1 is 1.06 bits per heavy atom. The number of carbonyl (C=O) groups excluding carboxylic acids is 3. The highest BCUT2D eigenvalue weighted by Gasteiger charge is 2.39. The van der Waals surface area contributed by atoms with Crippen molar-refractivity contribution in [2.24, 2.45) is 0 Å². The Morgan fingerprint density at radius 2 is 1.81 bits per heavy atom. The topological polar surface area (TPSA) is 201 Å². The smallest absolute Gasteiger partial charge is 0.345 e. The van der Waals surface area contributed by atoms with Gasteiger partial charge in [-0.3, -0.25) is 23.4 Å². The van der Waals surface area contributed by atoms with Crippen LogP contribution in [-0.4, -0.2) is 66.7 Å². The number of methoxy groups -OCH3 is 1. The second kappa shape index (κ2) is 15.8. The second-order valence-electron chi connectivity index (χ2n) is 10.7. The SMILES string of the molecule is COC(=O)c1c(O)cccc1OCCCCCNC(=O)[C@H](Cc1ccc(C2CC(=O)NS2(O)O)c(Cl)c1)NS(=O)(=O)c1ccccc1. The van der Waals surface area contributed by atoms with Crippen LogP contribution in [0.3, 0.4) is 0 Å². The fourth-order valence-electron chi connectivity index (χ4n) is 4.96. The number of carbonyl (C=O) groups is 3. The van der Waals surface area contributed by atoms with Crippen LogP contribution in [0.15, 0.2) is 71.6 Å². The normalized spacial score (nSPS) is 16.9.